The Morgan fingerprint density at radius 3 is 2.29 bits per heavy atom. The molecule has 3 atom stereocenters. The van der Waals surface area contributed by atoms with Gasteiger partial charge in [-0.1, -0.05) is 13.8 Å². The van der Waals surface area contributed by atoms with Crippen molar-refractivity contribution in [3.63, 3.8) is 0 Å². The third-order valence-electron chi connectivity index (χ3n) is 5.88. The molecule has 2 fully saturated rings. The molecule has 0 spiro atoms. The van der Waals surface area contributed by atoms with Crippen LogP contribution in [0.15, 0.2) is 0 Å². The van der Waals surface area contributed by atoms with E-state index in [-0.39, 0.29) is 0 Å². The highest BCUT2D eigenvalue weighted by atomic mass is 15.1. The molecule has 17 heavy (non-hydrogen) atoms. The first-order valence-electron chi connectivity index (χ1n) is 7.27. The number of hydrogen-bond donors (Lipinski definition) is 1. The Balaban J connectivity index is 1.90. The summed E-state index contributed by atoms with van der Waals surface area (Å²) in [6, 6.07) is 0. The van der Waals surface area contributed by atoms with Gasteiger partial charge in [-0.15, -0.1) is 0 Å². The van der Waals surface area contributed by atoms with Crippen LogP contribution in [-0.2, 0) is 0 Å². The fourth-order valence-corrected chi connectivity index (χ4v) is 4.23. The topological polar surface area (TPSA) is 15.3 Å². The molecule has 2 nitrogen and oxygen atoms in total. The molecule has 0 saturated heterocycles. The zero-order valence-electron chi connectivity index (χ0n) is 12.3. The minimum absolute atomic E-state index is 0.377. The summed E-state index contributed by atoms with van der Waals surface area (Å²) in [7, 11) is 4.31. The maximum absolute atomic E-state index is 3.91. The van der Waals surface area contributed by atoms with Gasteiger partial charge in [0.15, 0.2) is 0 Å². The molecule has 2 aliphatic rings. The van der Waals surface area contributed by atoms with E-state index in [9.17, 15) is 0 Å². The van der Waals surface area contributed by atoms with Crippen molar-refractivity contribution in [1.82, 2.24) is 10.2 Å². The first-order valence-corrected chi connectivity index (χ1v) is 7.27. The van der Waals surface area contributed by atoms with Gasteiger partial charge in [-0.25, -0.2) is 0 Å². The van der Waals surface area contributed by atoms with E-state index in [2.05, 4.69) is 45.1 Å². The molecule has 2 bridgehead atoms. The van der Waals surface area contributed by atoms with E-state index in [0.717, 1.165) is 11.8 Å². The summed E-state index contributed by atoms with van der Waals surface area (Å²) in [5, 5.41) is 3.91. The molecule has 0 aromatic rings. The van der Waals surface area contributed by atoms with Crippen LogP contribution in [0.4, 0.5) is 0 Å². The molecule has 2 heteroatoms. The van der Waals surface area contributed by atoms with Crippen molar-refractivity contribution in [3.8, 4) is 0 Å². The molecule has 2 aliphatic carbocycles. The van der Waals surface area contributed by atoms with Crippen molar-refractivity contribution in [3.05, 3.63) is 0 Å². The summed E-state index contributed by atoms with van der Waals surface area (Å²) >= 11 is 0. The van der Waals surface area contributed by atoms with Crippen LogP contribution in [0.5, 0.6) is 0 Å². The highest BCUT2D eigenvalue weighted by Gasteiger charge is 2.59. The minimum atomic E-state index is 0.377. The summed E-state index contributed by atoms with van der Waals surface area (Å²) in [4.78, 5) is 2.27. The van der Waals surface area contributed by atoms with E-state index in [1.54, 1.807) is 0 Å². The lowest BCUT2D eigenvalue weighted by Gasteiger charge is -2.48. The van der Waals surface area contributed by atoms with Gasteiger partial charge in [0, 0.05) is 5.54 Å². The molecule has 1 N–H and O–H groups in total. The van der Waals surface area contributed by atoms with Gasteiger partial charge >= 0.3 is 0 Å². The van der Waals surface area contributed by atoms with Crippen LogP contribution < -0.4 is 5.32 Å². The third-order valence-corrected chi connectivity index (χ3v) is 5.88. The predicted molar refractivity (Wildman–Crippen MR) is 74.2 cm³/mol. The predicted octanol–water partition coefficient (Wildman–Crippen LogP) is 2.74. The number of rotatable bonds is 5. The molecule has 3 unspecified atom stereocenters. The fourth-order valence-electron chi connectivity index (χ4n) is 4.23. The second kappa shape index (κ2) is 4.55. The van der Waals surface area contributed by atoms with E-state index in [0.29, 0.717) is 11.0 Å². The first kappa shape index (κ1) is 13.4. The Bertz CT molecular complexity index is 272. The van der Waals surface area contributed by atoms with Crippen LogP contribution in [0, 0.1) is 17.3 Å². The Labute approximate surface area is 107 Å². The molecule has 0 radical (unpaired) electrons. The van der Waals surface area contributed by atoms with Gasteiger partial charge in [-0.2, -0.15) is 0 Å². The zero-order chi connectivity index (χ0) is 12.7. The van der Waals surface area contributed by atoms with Crippen LogP contribution in [-0.4, -0.2) is 37.6 Å². The van der Waals surface area contributed by atoms with Gasteiger partial charge in [-0.05, 0) is 77.0 Å². The highest BCUT2D eigenvalue weighted by Crippen LogP contribution is 2.61. The molecule has 2 rings (SSSR count). The Kier molecular flexibility index (Phi) is 3.57. The second-order valence-corrected chi connectivity index (χ2v) is 7.21. The Morgan fingerprint density at radius 1 is 1.12 bits per heavy atom. The maximum atomic E-state index is 3.91. The van der Waals surface area contributed by atoms with E-state index < -0.39 is 0 Å². The summed E-state index contributed by atoms with van der Waals surface area (Å²) < 4.78 is 0. The standard InChI is InChI=1S/C15H30N2/c1-14(2)12-7-8-13(11-12)15(14,3)16-9-6-10-17(4)5/h12-13,16H,6-11H2,1-5H3. The van der Waals surface area contributed by atoms with E-state index in [4.69, 9.17) is 0 Å². The van der Waals surface area contributed by atoms with Crippen LogP contribution >= 0.6 is 0 Å². The molecule has 0 amide bonds. The first-order chi connectivity index (χ1) is 7.88. The van der Waals surface area contributed by atoms with Crippen molar-refractivity contribution in [2.75, 3.05) is 27.2 Å². The van der Waals surface area contributed by atoms with E-state index >= 15 is 0 Å². The van der Waals surface area contributed by atoms with E-state index in [1.807, 2.05) is 0 Å². The van der Waals surface area contributed by atoms with Crippen LogP contribution in [0.2, 0.25) is 0 Å². The maximum Gasteiger partial charge on any atom is 0.0235 e. The van der Waals surface area contributed by atoms with Gasteiger partial charge in [0.25, 0.3) is 0 Å². The molecule has 2 saturated carbocycles. The van der Waals surface area contributed by atoms with Gasteiger partial charge in [-0.3, -0.25) is 0 Å². The van der Waals surface area contributed by atoms with Crippen molar-refractivity contribution in [2.24, 2.45) is 17.3 Å². The average Bonchev–Trinajstić information content (AvgIpc) is 2.78. The van der Waals surface area contributed by atoms with Crippen LogP contribution in [0.1, 0.15) is 46.5 Å². The second-order valence-electron chi connectivity index (χ2n) is 7.21. The molecule has 0 aromatic carbocycles. The SMILES string of the molecule is CN(C)CCCNC1(C)C2CCC(C2)C1(C)C. The number of fused-ring (bicyclic) bond motifs is 2. The van der Waals surface area contributed by atoms with Crippen molar-refractivity contribution in [2.45, 2.75) is 52.0 Å². The van der Waals surface area contributed by atoms with Crippen molar-refractivity contribution in [1.29, 1.82) is 0 Å². The molecule has 0 aliphatic heterocycles. The number of nitrogens with one attached hydrogen (secondary N) is 1. The molecular weight excluding hydrogens is 208 g/mol. The minimum Gasteiger partial charge on any atom is -0.311 e. The molecule has 100 valence electrons. The summed E-state index contributed by atoms with van der Waals surface area (Å²) in [5.41, 5.74) is 0.857. The molecule has 0 heterocycles. The number of hydrogen-bond acceptors (Lipinski definition) is 2. The summed E-state index contributed by atoms with van der Waals surface area (Å²) in [6.07, 6.45) is 5.64. The van der Waals surface area contributed by atoms with Gasteiger partial charge < -0.3 is 10.2 Å². The lowest BCUT2D eigenvalue weighted by molar-refractivity contribution is 0.0655. The van der Waals surface area contributed by atoms with Crippen LogP contribution in [0.25, 0.3) is 0 Å². The quantitative estimate of drug-likeness (QED) is 0.741. The third kappa shape index (κ3) is 2.15. The monoisotopic (exact) mass is 238 g/mol. The van der Waals surface area contributed by atoms with Gasteiger partial charge in [0.2, 0.25) is 0 Å². The van der Waals surface area contributed by atoms with Crippen molar-refractivity contribution < 1.29 is 0 Å². The molecular formula is C15H30N2. The summed E-state index contributed by atoms with van der Waals surface area (Å²) in [6.45, 7) is 9.80. The lowest BCUT2D eigenvalue weighted by Crippen LogP contribution is -2.57. The zero-order valence-corrected chi connectivity index (χ0v) is 12.3. The Hall–Kier alpha value is -0.0800. The lowest BCUT2D eigenvalue weighted by atomic mass is 9.64. The van der Waals surface area contributed by atoms with E-state index in [1.165, 1.54) is 38.8 Å². The summed E-state index contributed by atoms with van der Waals surface area (Å²) in [5.74, 6) is 1.88. The molecule has 0 aromatic heterocycles. The highest BCUT2D eigenvalue weighted by molar-refractivity contribution is 5.14. The van der Waals surface area contributed by atoms with Gasteiger partial charge in [0.1, 0.15) is 0 Å². The van der Waals surface area contributed by atoms with Crippen LogP contribution in [0.3, 0.4) is 0 Å². The normalized spacial score (nSPS) is 39.2. The Morgan fingerprint density at radius 2 is 1.76 bits per heavy atom. The smallest absolute Gasteiger partial charge is 0.0235 e. The van der Waals surface area contributed by atoms with Gasteiger partial charge in [0.05, 0.1) is 0 Å². The fraction of sp³-hybridized carbons (Fsp3) is 1.00. The average molecular weight is 238 g/mol. The number of nitrogens with zero attached hydrogens (tertiary/aromatic N) is 1. The van der Waals surface area contributed by atoms with Crippen molar-refractivity contribution >= 4 is 0 Å². The largest absolute Gasteiger partial charge is 0.311 e.